The van der Waals surface area contributed by atoms with Crippen LogP contribution in [0.3, 0.4) is 0 Å². The fourth-order valence-electron chi connectivity index (χ4n) is 2.24. The summed E-state index contributed by atoms with van der Waals surface area (Å²) in [6, 6.07) is 15.3. The third-order valence-electron chi connectivity index (χ3n) is 3.79. The largest absolute Gasteiger partial charge is 0.457 e. The number of carbonyl (C=O) groups excluding carboxylic acids is 1. The maximum atomic E-state index is 11.1. The Balaban J connectivity index is 0.000000438. The number of benzene rings is 2. The van der Waals surface area contributed by atoms with Crippen LogP contribution in [-0.4, -0.2) is 49.7 Å². The molecular weight excluding hydrogens is 420 g/mol. The molecular formula is C20H14B5BrNO2. The number of carbonyl (C=O) groups is 1. The zero-order valence-corrected chi connectivity index (χ0v) is 17.5. The third-order valence-corrected chi connectivity index (χ3v) is 4.47. The van der Waals surface area contributed by atoms with Gasteiger partial charge in [0.15, 0.2) is 6.29 Å². The number of aromatic nitrogens is 1. The molecule has 0 fully saturated rings. The molecule has 0 saturated heterocycles. The second kappa shape index (κ2) is 10.6. The van der Waals surface area contributed by atoms with Crippen LogP contribution in [0.4, 0.5) is 0 Å². The normalized spacial score (nSPS) is 10.4. The average molecular weight is 434 g/mol. The zero-order chi connectivity index (χ0) is 21.4. The second-order valence-corrected chi connectivity index (χ2v) is 7.15. The van der Waals surface area contributed by atoms with Gasteiger partial charge in [-0.3, -0.25) is 9.78 Å². The number of aryl methyl sites for hydroxylation is 1. The van der Waals surface area contributed by atoms with E-state index in [0.717, 1.165) is 40.4 Å². The predicted molar refractivity (Wildman–Crippen MR) is 125 cm³/mol. The summed E-state index contributed by atoms with van der Waals surface area (Å²) in [5.74, 6) is 1.39. The van der Waals surface area contributed by atoms with E-state index in [4.69, 9.17) is 36.0 Å². The van der Waals surface area contributed by atoms with Gasteiger partial charge in [-0.05, 0) is 53.9 Å². The Kier molecular flexibility index (Phi) is 8.45. The predicted octanol–water partition coefficient (Wildman–Crippen LogP) is 3.74. The van der Waals surface area contributed by atoms with E-state index in [-0.39, 0.29) is 0 Å². The van der Waals surface area contributed by atoms with Crippen molar-refractivity contribution in [2.24, 2.45) is 0 Å². The van der Waals surface area contributed by atoms with E-state index in [2.05, 4.69) is 20.9 Å². The Hall–Kier alpha value is -2.14. The summed E-state index contributed by atoms with van der Waals surface area (Å²) < 4.78 is 6.67. The molecule has 0 saturated carbocycles. The van der Waals surface area contributed by atoms with Gasteiger partial charge in [0.2, 0.25) is 0 Å². The fraction of sp³-hybridized carbons (Fsp3) is 0.100. The first-order valence-electron chi connectivity index (χ1n) is 8.60. The molecule has 0 N–H and O–H groups in total. The van der Waals surface area contributed by atoms with Crippen LogP contribution in [0.15, 0.2) is 65.4 Å². The highest BCUT2D eigenvalue weighted by Gasteiger charge is 2.08. The molecule has 3 aromatic rings. The minimum absolute atomic E-state index is 0.567. The molecule has 9 radical (unpaired) electrons. The van der Waals surface area contributed by atoms with Gasteiger partial charge in [0.25, 0.3) is 0 Å². The van der Waals surface area contributed by atoms with Gasteiger partial charge < -0.3 is 4.74 Å². The summed E-state index contributed by atoms with van der Waals surface area (Å²) in [6.45, 7) is 1.94. The third kappa shape index (κ3) is 7.32. The number of ether oxygens (including phenoxy) is 1. The van der Waals surface area contributed by atoms with Crippen molar-refractivity contribution in [2.45, 2.75) is 11.9 Å². The van der Waals surface area contributed by atoms with Crippen LogP contribution in [-0.2, 0) is 0 Å². The second-order valence-electron chi connectivity index (χ2n) is 6.29. The van der Waals surface area contributed by atoms with Crippen molar-refractivity contribution in [2.75, 3.05) is 0 Å². The van der Waals surface area contributed by atoms with Crippen LogP contribution in [0.1, 0.15) is 15.9 Å². The van der Waals surface area contributed by atoms with Crippen molar-refractivity contribution in [1.82, 2.24) is 4.98 Å². The quantitative estimate of drug-likeness (QED) is 0.454. The molecule has 0 atom stereocenters. The molecule has 0 bridgehead atoms. The molecule has 1 aromatic heterocycles. The molecule has 133 valence electrons. The van der Waals surface area contributed by atoms with Gasteiger partial charge in [-0.25, -0.2) is 0 Å². The van der Waals surface area contributed by atoms with Gasteiger partial charge in [0, 0.05) is 60.9 Å². The lowest BCUT2D eigenvalue weighted by atomic mass is 9.18. The van der Waals surface area contributed by atoms with Crippen molar-refractivity contribution >= 4 is 60.7 Å². The Morgan fingerprint density at radius 1 is 1.10 bits per heavy atom. The summed E-state index contributed by atoms with van der Waals surface area (Å²) in [6.07, 6.45) is 4.38. The first-order chi connectivity index (χ1) is 13.7. The lowest BCUT2D eigenvalue weighted by molar-refractivity contribution is 0.112. The number of rotatable bonds is 5. The molecule has 3 nitrogen and oxygen atoms in total. The SMILES string of the molecule is Cc1cc(Br)c(C=O)cc1Oc1ccc(-c2cccnc2)cc1.[B][B]C([B])([B])[B]. The van der Waals surface area contributed by atoms with Crippen LogP contribution in [0.25, 0.3) is 11.1 Å². The Labute approximate surface area is 186 Å². The fourth-order valence-corrected chi connectivity index (χ4v) is 2.80. The molecule has 0 aliphatic carbocycles. The van der Waals surface area contributed by atoms with E-state index in [1.54, 1.807) is 12.3 Å². The smallest absolute Gasteiger partial charge is 0.151 e. The van der Waals surface area contributed by atoms with Crippen molar-refractivity contribution in [3.8, 4) is 22.6 Å². The van der Waals surface area contributed by atoms with Crippen LogP contribution in [0.2, 0.25) is 5.01 Å². The number of hydrogen-bond acceptors (Lipinski definition) is 3. The molecule has 9 heteroatoms. The summed E-state index contributed by atoms with van der Waals surface area (Å²) in [5, 5.41) is -1.31. The highest BCUT2D eigenvalue weighted by atomic mass is 79.9. The van der Waals surface area contributed by atoms with Crippen molar-refractivity contribution < 1.29 is 9.53 Å². The van der Waals surface area contributed by atoms with Crippen LogP contribution in [0.5, 0.6) is 11.5 Å². The first kappa shape index (κ1) is 23.1. The molecule has 29 heavy (non-hydrogen) atoms. The molecule has 0 aliphatic heterocycles. The minimum Gasteiger partial charge on any atom is -0.457 e. The van der Waals surface area contributed by atoms with E-state index in [1.165, 1.54) is 0 Å². The maximum absolute atomic E-state index is 11.1. The monoisotopic (exact) mass is 434 g/mol. The van der Waals surface area contributed by atoms with Crippen molar-refractivity contribution in [3.05, 3.63) is 76.5 Å². The molecule has 1 heterocycles. The van der Waals surface area contributed by atoms with Gasteiger partial charge in [-0.1, -0.05) is 34.1 Å². The Morgan fingerprint density at radius 3 is 2.28 bits per heavy atom. The number of hydrogen-bond donors (Lipinski definition) is 0. The van der Waals surface area contributed by atoms with E-state index >= 15 is 0 Å². The number of aldehydes is 1. The number of pyridine rings is 1. The van der Waals surface area contributed by atoms with E-state index in [9.17, 15) is 4.79 Å². The van der Waals surface area contributed by atoms with Gasteiger partial charge in [0.05, 0.1) is 0 Å². The molecule has 3 rings (SSSR count). The molecule has 2 aromatic carbocycles. The molecule has 0 amide bonds. The van der Waals surface area contributed by atoms with E-state index in [0.29, 0.717) is 11.3 Å². The summed E-state index contributed by atoms with van der Waals surface area (Å²) in [5.41, 5.74) is 3.66. The molecule has 0 unspecified atom stereocenters. The Bertz CT molecular complexity index is 948. The van der Waals surface area contributed by atoms with Crippen LogP contribution < -0.4 is 4.74 Å². The van der Waals surface area contributed by atoms with Crippen molar-refractivity contribution in [1.29, 1.82) is 0 Å². The average Bonchev–Trinajstić information content (AvgIpc) is 2.71. The van der Waals surface area contributed by atoms with Crippen molar-refractivity contribution in [3.63, 3.8) is 0 Å². The summed E-state index contributed by atoms with van der Waals surface area (Å²) in [7, 11) is 20.6. The van der Waals surface area contributed by atoms with Gasteiger partial charge in [0.1, 0.15) is 11.5 Å². The topological polar surface area (TPSA) is 39.2 Å². The number of halogens is 1. The molecule has 0 spiro atoms. The van der Waals surface area contributed by atoms with E-state index < -0.39 is 5.01 Å². The van der Waals surface area contributed by atoms with E-state index in [1.807, 2.05) is 55.6 Å². The van der Waals surface area contributed by atoms with Gasteiger partial charge in [-0.2, -0.15) is 5.01 Å². The van der Waals surface area contributed by atoms with Crippen LogP contribution >= 0.6 is 15.9 Å². The molecule has 0 aliphatic rings. The minimum atomic E-state index is -1.31. The standard InChI is InChI=1S/C19H14BrNO2.CB5/c1-13-9-18(20)16(12-22)10-19(13)23-17-6-4-14(5-7-17)15-3-2-8-21-11-15;2-1(3,4)6-5/h2-12H,1H3;. The van der Waals surface area contributed by atoms with Crippen LogP contribution in [0, 0.1) is 6.92 Å². The van der Waals surface area contributed by atoms with Gasteiger partial charge in [-0.15, -0.1) is 0 Å². The Morgan fingerprint density at radius 2 is 1.76 bits per heavy atom. The lowest BCUT2D eigenvalue weighted by Gasteiger charge is -2.13. The zero-order valence-electron chi connectivity index (χ0n) is 15.9. The highest BCUT2D eigenvalue weighted by Crippen LogP contribution is 2.31. The maximum Gasteiger partial charge on any atom is 0.151 e. The summed E-state index contributed by atoms with van der Waals surface area (Å²) >= 11 is 3.37. The summed E-state index contributed by atoms with van der Waals surface area (Å²) in [4.78, 5) is 15.2. The number of nitrogens with zero attached hydrogens (tertiary/aromatic N) is 1. The highest BCUT2D eigenvalue weighted by molar-refractivity contribution is 9.10. The van der Waals surface area contributed by atoms with Gasteiger partial charge >= 0.3 is 0 Å². The lowest BCUT2D eigenvalue weighted by Crippen LogP contribution is -2.21. The first-order valence-corrected chi connectivity index (χ1v) is 9.39.